The van der Waals surface area contributed by atoms with E-state index in [0.717, 1.165) is 0 Å². The van der Waals surface area contributed by atoms with Crippen LogP contribution in [0.25, 0.3) is 0 Å². The molecule has 2 aromatic rings. The van der Waals surface area contributed by atoms with Crippen LogP contribution in [0.4, 0.5) is 11.5 Å². The predicted molar refractivity (Wildman–Crippen MR) is 77.8 cm³/mol. The number of rotatable bonds is 2. The van der Waals surface area contributed by atoms with E-state index in [0.29, 0.717) is 16.3 Å². The molecular weight excluding hydrogens is 299 g/mol. The second-order valence-electron chi connectivity index (χ2n) is 3.85. The molecule has 0 aliphatic rings. The van der Waals surface area contributed by atoms with Crippen molar-refractivity contribution in [1.29, 1.82) is 5.26 Å². The molecule has 0 saturated heterocycles. The molecule has 0 aliphatic heterocycles. The lowest BCUT2D eigenvalue weighted by molar-refractivity contribution is 0.102. The van der Waals surface area contributed by atoms with Crippen molar-refractivity contribution in [1.82, 2.24) is 4.98 Å². The number of nitrogens with one attached hydrogen (secondary N) is 1. The molecule has 100 valence electrons. The molecule has 1 aromatic carbocycles. The first-order valence-corrected chi connectivity index (χ1v) is 6.19. The Morgan fingerprint density at radius 3 is 2.70 bits per heavy atom. The molecule has 0 radical (unpaired) electrons. The minimum Gasteiger partial charge on any atom is -0.382 e. The summed E-state index contributed by atoms with van der Waals surface area (Å²) in [6.07, 6.45) is 1.30. The van der Waals surface area contributed by atoms with Gasteiger partial charge in [-0.1, -0.05) is 23.2 Å². The molecule has 0 aliphatic carbocycles. The number of nitrogens with zero attached hydrogens (tertiary/aromatic N) is 2. The molecule has 7 heteroatoms. The minimum atomic E-state index is -0.448. The van der Waals surface area contributed by atoms with Gasteiger partial charge in [0, 0.05) is 6.20 Å². The number of nitriles is 1. The Kier molecular flexibility index (Phi) is 4.08. The fourth-order valence-electron chi connectivity index (χ4n) is 1.46. The number of halogens is 2. The second-order valence-corrected chi connectivity index (χ2v) is 4.67. The highest BCUT2D eigenvalue weighted by Crippen LogP contribution is 2.24. The number of benzene rings is 1. The van der Waals surface area contributed by atoms with E-state index in [1.165, 1.54) is 24.4 Å². The number of hydrogen-bond acceptors (Lipinski definition) is 4. The standard InChI is InChI=1S/C13H8Cl2N4O/c14-9-2-1-7(5-16)3-11(9)19-13(20)8-4-10(15)12(17)18-6-8/h1-4,6H,(H2,17,18)(H,19,20). The van der Waals surface area contributed by atoms with Crippen molar-refractivity contribution >= 4 is 40.6 Å². The van der Waals surface area contributed by atoms with Gasteiger partial charge in [-0.3, -0.25) is 4.79 Å². The van der Waals surface area contributed by atoms with Crippen LogP contribution in [-0.4, -0.2) is 10.9 Å². The fourth-order valence-corrected chi connectivity index (χ4v) is 1.79. The van der Waals surface area contributed by atoms with E-state index in [-0.39, 0.29) is 16.4 Å². The second kappa shape index (κ2) is 5.78. The lowest BCUT2D eigenvalue weighted by atomic mass is 10.2. The number of anilines is 2. The number of pyridine rings is 1. The number of carbonyl (C=O) groups excluding carboxylic acids is 1. The van der Waals surface area contributed by atoms with Crippen molar-refractivity contribution in [3.05, 3.63) is 51.6 Å². The van der Waals surface area contributed by atoms with Crippen LogP contribution in [-0.2, 0) is 0 Å². The van der Waals surface area contributed by atoms with Crippen LogP contribution in [0, 0.1) is 11.3 Å². The largest absolute Gasteiger partial charge is 0.382 e. The van der Waals surface area contributed by atoms with Crippen LogP contribution >= 0.6 is 23.2 Å². The number of carbonyl (C=O) groups is 1. The van der Waals surface area contributed by atoms with Crippen molar-refractivity contribution in [3.8, 4) is 6.07 Å². The van der Waals surface area contributed by atoms with Gasteiger partial charge in [0.25, 0.3) is 5.91 Å². The third kappa shape index (κ3) is 2.99. The van der Waals surface area contributed by atoms with Gasteiger partial charge in [0.15, 0.2) is 0 Å². The summed E-state index contributed by atoms with van der Waals surface area (Å²) < 4.78 is 0. The SMILES string of the molecule is N#Cc1ccc(Cl)c(NC(=O)c2cnc(N)c(Cl)c2)c1. The highest BCUT2D eigenvalue weighted by molar-refractivity contribution is 6.34. The molecule has 5 nitrogen and oxygen atoms in total. The van der Waals surface area contributed by atoms with Crippen LogP contribution in [0.15, 0.2) is 30.5 Å². The summed E-state index contributed by atoms with van der Waals surface area (Å²) in [7, 11) is 0. The number of nitrogens with two attached hydrogens (primary N) is 1. The Balaban J connectivity index is 2.28. The van der Waals surface area contributed by atoms with Gasteiger partial charge in [0.2, 0.25) is 0 Å². The number of aromatic nitrogens is 1. The summed E-state index contributed by atoms with van der Waals surface area (Å²) in [5.74, 6) is -0.302. The quantitative estimate of drug-likeness (QED) is 0.891. The van der Waals surface area contributed by atoms with Gasteiger partial charge in [-0.25, -0.2) is 4.98 Å². The molecule has 1 heterocycles. The fraction of sp³-hybridized carbons (Fsp3) is 0. The van der Waals surface area contributed by atoms with E-state index in [2.05, 4.69) is 10.3 Å². The summed E-state index contributed by atoms with van der Waals surface area (Å²) in [6, 6.07) is 7.93. The molecule has 1 aromatic heterocycles. The molecular formula is C13H8Cl2N4O. The average Bonchev–Trinajstić information content (AvgIpc) is 2.44. The van der Waals surface area contributed by atoms with Gasteiger partial charge in [0.1, 0.15) is 5.82 Å². The third-order valence-electron chi connectivity index (χ3n) is 2.48. The van der Waals surface area contributed by atoms with E-state index >= 15 is 0 Å². The van der Waals surface area contributed by atoms with Gasteiger partial charge < -0.3 is 11.1 Å². The highest BCUT2D eigenvalue weighted by atomic mass is 35.5. The Morgan fingerprint density at radius 1 is 1.30 bits per heavy atom. The molecule has 0 bridgehead atoms. The van der Waals surface area contributed by atoms with Gasteiger partial charge in [-0.2, -0.15) is 5.26 Å². The zero-order chi connectivity index (χ0) is 14.7. The first kappa shape index (κ1) is 14.1. The lowest BCUT2D eigenvalue weighted by Gasteiger charge is -2.08. The van der Waals surface area contributed by atoms with Gasteiger partial charge in [0.05, 0.1) is 32.9 Å². The van der Waals surface area contributed by atoms with Crippen molar-refractivity contribution in [2.45, 2.75) is 0 Å². The zero-order valence-electron chi connectivity index (χ0n) is 10.0. The predicted octanol–water partition coefficient (Wildman–Crippen LogP) is 3.09. The molecule has 0 fully saturated rings. The topological polar surface area (TPSA) is 91.8 Å². The van der Waals surface area contributed by atoms with Crippen molar-refractivity contribution < 1.29 is 4.79 Å². The molecule has 2 rings (SSSR count). The zero-order valence-corrected chi connectivity index (χ0v) is 11.5. The molecule has 3 N–H and O–H groups in total. The maximum Gasteiger partial charge on any atom is 0.257 e. The smallest absolute Gasteiger partial charge is 0.257 e. The highest BCUT2D eigenvalue weighted by Gasteiger charge is 2.11. The summed E-state index contributed by atoms with van der Waals surface area (Å²) in [6.45, 7) is 0. The maximum atomic E-state index is 12.0. The van der Waals surface area contributed by atoms with Crippen LogP contribution < -0.4 is 11.1 Å². The molecule has 1 amide bonds. The minimum absolute atomic E-state index is 0.146. The Morgan fingerprint density at radius 2 is 2.05 bits per heavy atom. The van der Waals surface area contributed by atoms with Crippen LogP contribution in [0.1, 0.15) is 15.9 Å². The normalized spacial score (nSPS) is 9.85. The Bertz CT molecular complexity index is 725. The van der Waals surface area contributed by atoms with E-state index in [1.807, 2.05) is 6.07 Å². The average molecular weight is 307 g/mol. The van der Waals surface area contributed by atoms with Crippen molar-refractivity contribution in [2.75, 3.05) is 11.1 Å². The molecule has 20 heavy (non-hydrogen) atoms. The van der Waals surface area contributed by atoms with Gasteiger partial charge in [-0.05, 0) is 24.3 Å². The third-order valence-corrected chi connectivity index (χ3v) is 3.11. The Labute approximate surface area is 124 Å². The van der Waals surface area contributed by atoms with Crippen LogP contribution in [0.3, 0.4) is 0 Å². The molecule has 0 unspecified atom stereocenters. The lowest BCUT2D eigenvalue weighted by Crippen LogP contribution is -2.13. The first-order chi connectivity index (χ1) is 9.51. The van der Waals surface area contributed by atoms with Crippen LogP contribution in [0.5, 0.6) is 0 Å². The monoisotopic (exact) mass is 306 g/mol. The summed E-state index contributed by atoms with van der Waals surface area (Å²) in [5.41, 5.74) is 6.43. The maximum absolute atomic E-state index is 12.0. The van der Waals surface area contributed by atoms with Crippen molar-refractivity contribution in [3.63, 3.8) is 0 Å². The van der Waals surface area contributed by atoms with Gasteiger partial charge >= 0.3 is 0 Å². The van der Waals surface area contributed by atoms with E-state index in [1.54, 1.807) is 6.07 Å². The van der Waals surface area contributed by atoms with Crippen molar-refractivity contribution in [2.24, 2.45) is 0 Å². The number of nitrogen functional groups attached to an aromatic ring is 1. The summed E-state index contributed by atoms with van der Waals surface area (Å²) >= 11 is 11.8. The number of amides is 1. The van der Waals surface area contributed by atoms with E-state index in [4.69, 9.17) is 34.2 Å². The first-order valence-electron chi connectivity index (χ1n) is 5.43. The van der Waals surface area contributed by atoms with Crippen LogP contribution in [0.2, 0.25) is 10.0 Å². The Hall–Kier alpha value is -2.29. The summed E-state index contributed by atoms with van der Waals surface area (Å²) in [4.78, 5) is 15.8. The summed E-state index contributed by atoms with van der Waals surface area (Å²) in [5, 5.41) is 11.9. The molecule has 0 saturated carbocycles. The van der Waals surface area contributed by atoms with E-state index < -0.39 is 5.91 Å². The molecule has 0 atom stereocenters. The van der Waals surface area contributed by atoms with Gasteiger partial charge in [-0.15, -0.1) is 0 Å². The van der Waals surface area contributed by atoms with E-state index in [9.17, 15) is 4.79 Å². The molecule has 0 spiro atoms. The number of hydrogen-bond donors (Lipinski definition) is 2.